The topological polar surface area (TPSA) is 83.8 Å². The predicted molar refractivity (Wildman–Crippen MR) is 70.1 cm³/mol. The van der Waals surface area contributed by atoms with E-state index in [2.05, 4.69) is 15.3 Å². The van der Waals surface area contributed by atoms with Gasteiger partial charge in [0.2, 0.25) is 0 Å². The molecule has 1 aromatic carbocycles. The number of aryl methyl sites for hydroxylation is 1. The van der Waals surface area contributed by atoms with Crippen molar-refractivity contribution < 1.29 is 9.18 Å². The number of aromatic amines is 1. The molecule has 2 aromatic rings. The molecule has 6 heteroatoms. The number of H-pyrrole nitrogens is 1. The van der Waals surface area contributed by atoms with Crippen molar-refractivity contribution in [3.05, 3.63) is 47.8 Å². The second kappa shape index (κ2) is 5.99. The van der Waals surface area contributed by atoms with Gasteiger partial charge in [0, 0.05) is 31.0 Å². The van der Waals surface area contributed by atoms with Crippen LogP contribution in [0.25, 0.3) is 0 Å². The number of nitrogens with one attached hydrogen (secondary N) is 2. The van der Waals surface area contributed by atoms with Crippen molar-refractivity contribution in [2.75, 3.05) is 12.3 Å². The first-order chi connectivity index (χ1) is 9.16. The van der Waals surface area contributed by atoms with Gasteiger partial charge in [-0.15, -0.1) is 0 Å². The Labute approximate surface area is 110 Å². The van der Waals surface area contributed by atoms with Crippen molar-refractivity contribution >= 4 is 11.6 Å². The van der Waals surface area contributed by atoms with Crippen molar-refractivity contribution in [2.45, 2.75) is 12.8 Å². The molecular weight excluding hydrogens is 247 g/mol. The van der Waals surface area contributed by atoms with Gasteiger partial charge in [0.15, 0.2) is 0 Å². The molecule has 0 aliphatic carbocycles. The minimum Gasteiger partial charge on any atom is -0.399 e. The van der Waals surface area contributed by atoms with E-state index >= 15 is 0 Å². The zero-order valence-electron chi connectivity index (χ0n) is 10.3. The van der Waals surface area contributed by atoms with E-state index < -0.39 is 11.7 Å². The van der Waals surface area contributed by atoms with Gasteiger partial charge in [0.05, 0.1) is 5.56 Å². The van der Waals surface area contributed by atoms with Gasteiger partial charge >= 0.3 is 0 Å². The molecule has 0 atom stereocenters. The van der Waals surface area contributed by atoms with E-state index in [1.54, 1.807) is 12.4 Å². The number of hydrogen-bond acceptors (Lipinski definition) is 3. The normalized spacial score (nSPS) is 10.4. The number of carbonyl (C=O) groups is 1. The van der Waals surface area contributed by atoms with Crippen LogP contribution in [0.15, 0.2) is 30.6 Å². The SMILES string of the molecule is Nc1ccc(F)c(C(=O)NCCCc2ncc[nH]2)c1. The summed E-state index contributed by atoms with van der Waals surface area (Å²) in [6, 6.07) is 3.94. The van der Waals surface area contributed by atoms with Crippen LogP contribution in [0.2, 0.25) is 0 Å². The van der Waals surface area contributed by atoms with Gasteiger partial charge < -0.3 is 16.0 Å². The molecule has 0 aliphatic rings. The second-order valence-electron chi connectivity index (χ2n) is 4.13. The first-order valence-corrected chi connectivity index (χ1v) is 5.98. The predicted octanol–water partition coefficient (Wildman–Crippen LogP) is 1.49. The molecule has 0 unspecified atom stereocenters. The first-order valence-electron chi connectivity index (χ1n) is 5.98. The third-order valence-electron chi connectivity index (χ3n) is 2.67. The summed E-state index contributed by atoms with van der Waals surface area (Å²) in [6.45, 7) is 0.452. The highest BCUT2D eigenvalue weighted by Gasteiger charge is 2.11. The fourth-order valence-electron chi connectivity index (χ4n) is 1.70. The number of hydrogen-bond donors (Lipinski definition) is 3. The zero-order chi connectivity index (χ0) is 13.7. The standard InChI is InChI=1S/C13H15FN4O/c14-11-4-3-9(15)8-10(11)13(19)18-5-1-2-12-16-6-7-17-12/h3-4,6-8H,1-2,5,15H2,(H,16,17)(H,18,19). The van der Waals surface area contributed by atoms with Gasteiger partial charge in [-0.2, -0.15) is 0 Å². The number of rotatable bonds is 5. The maximum Gasteiger partial charge on any atom is 0.254 e. The molecule has 0 fully saturated rings. The van der Waals surface area contributed by atoms with Crippen LogP contribution >= 0.6 is 0 Å². The van der Waals surface area contributed by atoms with Crippen LogP contribution in [0.5, 0.6) is 0 Å². The van der Waals surface area contributed by atoms with Crippen molar-refractivity contribution in [3.8, 4) is 0 Å². The van der Waals surface area contributed by atoms with Crippen molar-refractivity contribution in [2.24, 2.45) is 0 Å². The van der Waals surface area contributed by atoms with Crippen LogP contribution in [0.4, 0.5) is 10.1 Å². The Balaban J connectivity index is 1.82. The number of imidazole rings is 1. The molecule has 19 heavy (non-hydrogen) atoms. The highest BCUT2D eigenvalue weighted by atomic mass is 19.1. The van der Waals surface area contributed by atoms with E-state index in [9.17, 15) is 9.18 Å². The average molecular weight is 262 g/mol. The summed E-state index contributed by atoms with van der Waals surface area (Å²) in [5.74, 6) is -0.161. The Kier molecular flexibility index (Phi) is 4.12. The number of amides is 1. The number of aromatic nitrogens is 2. The quantitative estimate of drug-likeness (QED) is 0.564. The Morgan fingerprint density at radius 1 is 1.47 bits per heavy atom. The first kappa shape index (κ1) is 13.1. The van der Waals surface area contributed by atoms with Crippen molar-refractivity contribution in [1.82, 2.24) is 15.3 Å². The van der Waals surface area contributed by atoms with Gasteiger partial charge in [-0.3, -0.25) is 4.79 Å². The molecule has 2 rings (SSSR count). The third-order valence-corrected chi connectivity index (χ3v) is 2.67. The van der Waals surface area contributed by atoms with E-state index in [1.807, 2.05) is 0 Å². The highest BCUT2D eigenvalue weighted by molar-refractivity contribution is 5.95. The number of nitrogens with two attached hydrogens (primary N) is 1. The third kappa shape index (κ3) is 3.54. The summed E-state index contributed by atoms with van der Waals surface area (Å²) in [5.41, 5.74) is 5.86. The van der Waals surface area contributed by atoms with Gasteiger partial charge in [-0.25, -0.2) is 9.37 Å². The van der Waals surface area contributed by atoms with Crippen LogP contribution in [-0.4, -0.2) is 22.4 Å². The molecule has 4 N–H and O–H groups in total. The van der Waals surface area contributed by atoms with E-state index in [0.717, 1.165) is 18.7 Å². The summed E-state index contributed by atoms with van der Waals surface area (Å²) < 4.78 is 13.4. The van der Waals surface area contributed by atoms with E-state index in [0.29, 0.717) is 12.2 Å². The average Bonchev–Trinajstić information content (AvgIpc) is 2.90. The van der Waals surface area contributed by atoms with E-state index in [1.165, 1.54) is 18.2 Å². The van der Waals surface area contributed by atoms with Crippen molar-refractivity contribution in [3.63, 3.8) is 0 Å². The largest absolute Gasteiger partial charge is 0.399 e. The molecule has 1 aromatic heterocycles. The van der Waals surface area contributed by atoms with Gasteiger partial charge in [0.25, 0.3) is 5.91 Å². The lowest BCUT2D eigenvalue weighted by Gasteiger charge is -2.06. The van der Waals surface area contributed by atoms with Crippen molar-refractivity contribution in [1.29, 1.82) is 0 Å². The fourth-order valence-corrected chi connectivity index (χ4v) is 1.70. The summed E-state index contributed by atoms with van der Waals surface area (Å²) in [4.78, 5) is 18.8. The monoisotopic (exact) mass is 262 g/mol. The van der Waals surface area contributed by atoms with Crippen LogP contribution in [0.1, 0.15) is 22.6 Å². The smallest absolute Gasteiger partial charge is 0.254 e. The molecule has 100 valence electrons. The fraction of sp³-hybridized carbons (Fsp3) is 0.231. The lowest BCUT2D eigenvalue weighted by molar-refractivity contribution is 0.0949. The van der Waals surface area contributed by atoms with Gasteiger partial charge in [-0.1, -0.05) is 0 Å². The minimum absolute atomic E-state index is 0.0296. The van der Waals surface area contributed by atoms with E-state index in [-0.39, 0.29) is 5.56 Å². The molecule has 0 bridgehead atoms. The molecule has 1 amide bonds. The summed E-state index contributed by atoms with van der Waals surface area (Å²) in [7, 11) is 0. The van der Waals surface area contributed by atoms with Crippen LogP contribution in [0.3, 0.4) is 0 Å². The van der Waals surface area contributed by atoms with E-state index in [4.69, 9.17) is 5.73 Å². The number of carbonyl (C=O) groups excluding carboxylic acids is 1. The maximum absolute atomic E-state index is 13.4. The van der Waals surface area contributed by atoms with Crippen LogP contribution in [0, 0.1) is 5.82 Å². The summed E-state index contributed by atoms with van der Waals surface area (Å²) in [6.07, 6.45) is 4.88. The second-order valence-corrected chi connectivity index (χ2v) is 4.13. The lowest BCUT2D eigenvalue weighted by atomic mass is 10.1. The number of anilines is 1. The summed E-state index contributed by atoms with van der Waals surface area (Å²) in [5, 5.41) is 2.65. The maximum atomic E-state index is 13.4. The Morgan fingerprint density at radius 2 is 2.32 bits per heavy atom. The molecule has 0 aliphatic heterocycles. The Bertz CT molecular complexity index is 554. The zero-order valence-corrected chi connectivity index (χ0v) is 10.3. The Morgan fingerprint density at radius 3 is 3.05 bits per heavy atom. The van der Waals surface area contributed by atoms with Crippen LogP contribution in [-0.2, 0) is 6.42 Å². The Hall–Kier alpha value is -2.37. The van der Waals surface area contributed by atoms with Crippen LogP contribution < -0.4 is 11.1 Å². The molecule has 5 nitrogen and oxygen atoms in total. The van der Waals surface area contributed by atoms with Gasteiger partial charge in [0.1, 0.15) is 11.6 Å². The number of benzene rings is 1. The molecular formula is C13H15FN4O. The lowest BCUT2D eigenvalue weighted by Crippen LogP contribution is -2.25. The molecule has 1 heterocycles. The highest BCUT2D eigenvalue weighted by Crippen LogP contribution is 2.11. The molecule has 0 saturated heterocycles. The summed E-state index contributed by atoms with van der Waals surface area (Å²) >= 11 is 0. The molecule has 0 radical (unpaired) electrons. The van der Waals surface area contributed by atoms with Gasteiger partial charge in [-0.05, 0) is 24.6 Å². The molecule has 0 spiro atoms. The molecule has 0 saturated carbocycles. The number of halogens is 1. The minimum atomic E-state index is -0.572. The number of nitrogens with zero attached hydrogens (tertiary/aromatic N) is 1. The number of nitrogen functional groups attached to an aromatic ring is 1.